The van der Waals surface area contributed by atoms with Crippen LogP contribution in [0.2, 0.25) is 0 Å². The summed E-state index contributed by atoms with van der Waals surface area (Å²) in [7, 11) is -2.16. The summed E-state index contributed by atoms with van der Waals surface area (Å²) >= 11 is 0. The molecule has 0 saturated carbocycles. The molecule has 2 aromatic rings. The van der Waals surface area contributed by atoms with Gasteiger partial charge in [-0.05, 0) is 75.6 Å². The van der Waals surface area contributed by atoms with Crippen molar-refractivity contribution in [2.45, 2.75) is 45.6 Å². The van der Waals surface area contributed by atoms with Crippen LogP contribution in [0.3, 0.4) is 0 Å². The first-order chi connectivity index (χ1) is 13.2. The highest BCUT2D eigenvalue weighted by Gasteiger charge is 2.24. The fourth-order valence-corrected chi connectivity index (χ4v) is 4.83. The molecule has 6 nitrogen and oxygen atoms in total. The molecule has 2 rings (SSSR count). The minimum Gasteiger partial charge on any atom is -0.497 e. The summed E-state index contributed by atoms with van der Waals surface area (Å²) in [5.74, 6) is 1.88. The van der Waals surface area contributed by atoms with Gasteiger partial charge in [-0.25, -0.2) is 13.1 Å². The largest absolute Gasteiger partial charge is 0.497 e. The van der Waals surface area contributed by atoms with E-state index in [4.69, 9.17) is 14.2 Å². The van der Waals surface area contributed by atoms with Crippen LogP contribution in [-0.4, -0.2) is 28.7 Å². The van der Waals surface area contributed by atoms with E-state index in [2.05, 4.69) is 4.72 Å². The molecule has 0 aliphatic carbocycles. The zero-order valence-corrected chi connectivity index (χ0v) is 18.1. The molecule has 0 heterocycles. The fraction of sp³-hybridized carbons (Fsp3) is 0.429. The Bertz CT molecular complexity index is 901. The van der Waals surface area contributed by atoms with Gasteiger partial charge in [0.1, 0.15) is 5.75 Å². The summed E-state index contributed by atoms with van der Waals surface area (Å²) in [4.78, 5) is 0.274. The van der Waals surface area contributed by atoms with E-state index in [0.29, 0.717) is 41.6 Å². The average molecular weight is 408 g/mol. The molecule has 2 aromatic carbocycles. The maximum absolute atomic E-state index is 13.0. The van der Waals surface area contributed by atoms with E-state index in [9.17, 15) is 8.42 Å². The van der Waals surface area contributed by atoms with Crippen LogP contribution in [0.1, 0.15) is 43.5 Å². The standard InChI is InChI=1S/C21H29NO5S/c1-7-26-19-10-9-17(13-20(19)27-8-2)16(5)22-28(23,24)21-14(3)11-18(25-6)12-15(21)4/h9-13,16,22H,7-8H2,1-6H3. The van der Waals surface area contributed by atoms with E-state index < -0.39 is 16.1 Å². The Morgan fingerprint density at radius 3 is 2.07 bits per heavy atom. The van der Waals surface area contributed by atoms with Gasteiger partial charge in [0.15, 0.2) is 11.5 Å². The van der Waals surface area contributed by atoms with Crippen molar-refractivity contribution in [1.82, 2.24) is 4.72 Å². The minimum atomic E-state index is -3.72. The smallest absolute Gasteiger partial charge is 0.241 e. The highest BCUT2D eigenvalue weighted by Crippen LogP contribution is 2.32. The van der Waals surface area contributed by atoms with E-state index in [1.165, 1.54) is 0 Å². The summed E-state index contributed by atoms with van der Waals surface area (Å²) in [6, 6.07) is 8.45. The van der Waals surface area contributed by atoms with E-state index in [1.54, 1.807) is 46.1 Å². The Hall–Kier alpha value is -2.25. The molecular formula is C21H29NO5S. The average Bonchev–Trinajstić information content (AvgIpc) is 2.62. The number of sulfonamides is 1. The molecule has 7 heteroatoms. The quantitative estimate of drug-likeness (QED) is 0.676. The lowest BCUT2D eigenvalue weighted by molar-refractivity contribution is 0.287. The van der Waals surface area contributed by atoms with E-state index in [1.807, 2.05) is 26.0 Å². The topological polar surface area (TPSA) is 73.9 Å². The summed E-state index contributed by atoms with van der Waals surface area (Å²) in [6.45, 7) is 10.1. The second-order valence-corrected chi connectivity index (χ2v) is 8.16. The van der Waals surface area contributed by atoms with Crippen molar-refractivity contribution in [2.75, 3.05) is 20.3 Å². The van der Waals surface area contributed by atoms with Crippen LogP contribution in [0, 0.1) is 13.8 Å². The predicted molar refractivity (Wildman–Crippen MR) is 110 cm³/mol. The number of aryl methyl sites for hydroxylation is 2. The Morgan fingerprint density at radius 1 is 0.964 bits per heavy atom. The molecule has 0 fully saturated rings. The Labute approximate surface area is 167 Å². The number of rotatable bonds is 9. The van der Waals surface area contributed by atoms with E-state index in [0.717, 1.165) is 5.56 Å². The number of ether oxygens (including phenoxy) is 3. The molecule has 0 bridgehead atoms. The molecule has 0 aliphatic heterocycles. The van der Waals surface area contributed by atoms with Crippen molar-refractivity contribution in [2.24, 2.45) is 0 Å². The van der Waals surface area contributed by atoms with Crippen LogP contribution < -0.4 is 18.9 Å². The van der Waals surface area contributed by atoms with Gasteiger partial charge in [0.05, 0.1) is 25.2 Å². The Kier molecular flexibility index (Phi) is 7.32. The number of hydrogen-bond acceptors (Lipinski definition) is 5. The monoisotopic (exact) mass is 407 g/mol. The lowest BCUT2D eigenvalue weighted by atomic mass is 10.1. The first-order valence-electron chi connectivity index (χ1n) is 9.30. The van der Waals surface area contributed by atoms with Gasteiger partial charge in [-0.3, -0.25) is 0 Å². The van der Waals surface area contributed by atoms with Gasteiger partial charge in [0.25, 0.3) is 0 Å². The summed E-state index contributed by atoms with van der Waals surface area (Å²) in [5.41, 5.74) is 2.07. The molecule has 0 spiro atoms. The van der Waals surface area contributed by atoms with Gasteiger partial charge in [0, 0.05) is 6.04 Å². The van der Waals surface area contributed by atoms with Crippen LogP contribution in [0.5, 0.6) is 17.2 Å². The van der Waals surface area contributed by atoms with Crippen LogP contribution in [0.25, 0.3) is 0 Å². The van der Waals surface area contributed by atoms with Crippen LogP contribution in [0.4, 0.5) is 0 Å². The van der Waals surface area contributed by atoms with Gasteiger partial charge in [0.2, 0.25) is 10.0 Å². The summed E-state index contributed by atoms with van der Waals surface area (Å²) < 4.78 is 45.3. The molecule has 0 radical (unpaired) electrons. The summed E-state index contributed by atoms with van der Waals surface area (Å²) in [5, 5.41) is 0. The molecule has 1 unspecified atom stereocenters. The number of benzene rings is 2. The number of methoxy groups -OCH3 is 1. The summed E-state index contributed by atoms with van der Waals surface area (Å²) in [6.07, 6.45) is 0. The van der Waals surface area contributed by atoms with Crippen molar-refractivity contribution in [3.05, 3.63) is 47.0 Å². The molecule has 28 heavy (non-hydrogen) atoms. The lowest BCUT2D eigenvalue weighted by Crippen LogP contribution is -2.28. The second kappa shape index (κ2) is 9.30. The first-order valence-corrected chi connectivity index (χ1v) is 10.8. The molecule has 0 aliphatic rings. The molecule has 0 aromatic heterocycles. The Balaban J connectivity index is 2.33. The maximum Gasteiger partial charge on any atom is 0.241 e. The van der Waals surface area contributed by atoms with Crippen molar-refractivity contribution >= 4 is 10.0 Å². The fourth-order valence-electron chi connectivity index (χ4n) is 3.15. The lowest BCUT2D eigenvalue weighted by Gasteiger charge is -2.19. The van der Waals surface area contributed by atoms with Gasteiger partial charge in [-0.1, -0.05) is 6.07 Å². The number of nitrogens with one attached hydrogen (secondary N) is 1. The van der Waals surface area contributed by atoms with Crippen LogP contribution >= 0.6 is 0 Å². The normalized spacial score (nSPS) is 12.5. The molecule has 1 atom stereocenters. The molecule has 1 N–H and O–H groups in total. The highest BCUT2D eigenvalue weighted by molar-refractivity contribution is 7.89. The van der Waals surface area contributed by atoms with Crippen LogP contribution in [-0.2, 0) is 10.0 Å². The molecular weight excluding hydrogens is 378 g/mol. The molecule has 0 amide bonds. The number of hydrogen-bond donors (Lipinski definition) is 1. The zero-order chi connectivity index (χ0) is 20.9. The van der Waals surface area contributed by atoms with Crippen LogP contribution in [0.15, 0.2) is 35.2 Å². The third-order valence-corrected chi connectivity index (χ3v) is 6.18. The SMILES string of the molecule is CCOc1ccc(C(C)NS(=O)(=O)c2c(C)cc(OC)cc2C)cc1OCC. The third kappa shape index (κ3) is 4.97. The van der Waals surface area contributed by atoms with Crippen molar-refractivity contribution in [1.29, 1.82) is 0 Å². The third-order valence-electron chi connectivity index (χ3n) is 4.34. The van der Waals surface area contributed by atoms with Gasteiger partial charge in [-0.15, -0.1) is 0 Å². The van der Waals surface area contributed by atoms with Crippen molar-refractivity contribution < 1.29 is 22.6 Å². The van der Waals surface area contributed by atoms with Gasteiger partial charge >= 0.3 is 0 Å². The molecule has 0 saturated heterocycles. The predicted octanol–water partition coefficient (Wildman–Crippen LogP) is 4.15. The second-order valence-electron chi connectivity index (χ2n) is 6.51. The first kappa shape index (κ1) is 22.0. The minimum absolute atomic E-state index is 0.274. The van der Waals surface area contributed by atoms with E-state index >= 15 is 0 Å². The molecule has 154 valence electrons. The van der Waals surface area contributed by atoms with Gasteiger partial charge < -0.3 is 14.2 Å². The Morgan fingerprint density at radius 2 is 1.54 bits per heavy atom. The highest BCUT2D eigenvalue weighted by atomic mass is 32.2. The van der Waals surface area contributed by atoms with Crippen molar-refractivity contribution in [3.63, 3.8) is 0 Å². The maximum atomic E-state index is 13.0. The zero-order valence-electron chi connectivity index (χ0n) is 17.3. The van der Waals surface area contributed by atoms with Gasteiger partial charge in [-0.2, -0.15) is 0 Å². The van der Waals surface area contributed by atoms with E-state index in [-0.39, 0.29) is 4.90 Å². The van der Waals surface area contributed by atoms with Crippen molar-refractivity contribution in [3.8, 4) is 17.2 Å².